The molecule has 0 aliphatic heterocycles. The third kappa shape index (κ3) is 5.27. The molecule has 82 valence electrons. The molecule has 1 rings (SSSR count). The molecule has 0 amide bonds. The first kappa shape index (κ1) is 11.9. The van der Waals surface area contributed by atoms with Gasteiger partial charge in [-0.05, 0) is 44.8 Å². The van der Waals surface area contributed by atoms with Gasteiger partial charge >= 0.3 is 0 Å². The highest BCUT2D eigenvalue weighted by Gasteiger charge is 1.90. The molecule has 0 atom stereocenters. The molecule has 0 spiro atoms. The highest BCUT2D eigenvalue weighted by molar-refractivity contribution is 5.79. The van der Waals surface area contributed by atoms with E-state index in [1.165, 1.54) is 12.1 Å². The van der Waals surface area contributed by atoms with E-state index in [1.54, 1.807) is 18.3 Å². The van der Waals surface area contributed by atoms with Gasteiger partial charge in [-0.15, -0.1) is 0 Å². The Morgan fingerprint density at radius 2 is 1.93 bits per heavy atom. The van der Waals surface area contributed by atoms with Crippen LogP contribution in [0.2, 0.25) is 0 Å². The Morgan fingerprint density at radius 3 is 2.53 bits per heavy atom. The second-order valence-electron chi connectivity index (χ2n) is 3.74. The Labute approximate surface area is 90.4 Å². The highest BCUT2D eigenvalue weighted by atomic mass is 19.1. The molecule has 0 aromatic heterocycles. The second-order valence-corrected chi connectivity index (χ2v) is 3.74. The van der Waals surface area contributed by atoms with Gasteiger partial charge in [-0.1, -0.05) is 12.1 Å². The van der Waals surface area contributed by atoms with Gasteiger partial charge in [-0.3, -0.25) is 4.99 Å². The zero-order valence-corrected chi connectivity index (χ0v) is 9.28. The van der Waals surface area contributed by atoms with Crippen molar-refractivity contribution in [3.8, 4) is 0 Å². The Hall–Kier alpha value is -1.22. The van der Waals surface area contributed by atoms with Crippen LogP contribution in [0.25, 0.3) is 0 Å². The molecule has 0 bridgehead atoms. The zero-order chi connectivity index (χ0) is 11.1. The molecular formula is C12H17FN2. The minimum Gasteiger partial charge on any atom is -0.309 e. The summed E-state index contributed by atoms with van der Waals surface area (Å²) in [6, 6.07) is 6.35. The molecule has 0 saturated carbocycles. The predicted octanol–water partition coefficient (Wildman–Crippen LogP) is 2.20. The first-order valence-corrected chi connectivity index (χ1v) is 5.08. The van der Waals surface area contributed by atoms with Crippen LogP contribution in [0.5, 0.6) is 0 Å². The number of halogens is 1. The maximum atomic E-state index is 12.6. The molecular weight excluding hydrogens is 191 g/mol. The molecule has 3 heteroatoms. The van der Waals surface area contributed by atoms with E-state index in [9.17, 15) is 4.39 Å². The van der Waals surface area contributed by atoms with Crippen LogP contribution >= 0.6 is 0 Å². The Balaban J connectivity index is 2.29. The summed E-state index contributed by atoms with van der Waals surface area (Å²) >= 11 is 0. The summed E-state index contributed by atoms with van der Waals surface area (Å²) in [5.41, 5.74) is 0.946. The first-order chi connectivity index (χ1) is 7.18. The Kier molecular flexibility index (Phi) is 4.98. The van der Waals surface area contributed by atoms with E-state index in [-0.39, 0.29) is 5.82 Å². The number of aliphatic imine (C=N–C) groups is 1. The van der Waals surface area contributed by atoms with E-state index in [4.69, 9.17) is 0 Å². The van der Waals surface area contributed by atoms with Crippen molar-refractivity contribution in [2.45, 2.75) is 6.42 Å². The summed E-state index contributed by atoms with van der Waals surface area (Å²) in [7, 11) is 4.09. The van der Waals surface area contributed by atoms with Gasteiger partial charge in [0.1, 0.15) is 5.82 Å². The van der Waals surface area contributed by atoms with Gasteiger partial charge in [0.2, 0.25) is 0 Å². The number of hydrogen-bond acceptors (Lipinski definition) is 2. The monoisotopic (exact) mass is 208 g/mol. The second kappa shape index (κ2) is 6.30. The summed E-state index contributed by atoms with van der Waals surface area (Å²) in [6.45, 7) is 1.86. The van der Waals surface area contributed by atoms with Crippen molar-refractivity contribution in [3.05, 3.63) is 35.6 Å². The molecule has 0 aliphatic rings. The minimum absolute atomic E-state index is 0.209. The van der Waals surface area contributed by atoms with Crippen molar-refractivity contribution in [3.63, 3.8) is 0 Å². The molecule has 0 radical (unpaired) electrons. The predicted molar refractivity (Wildman–Crippen MR) is 62.0 cm³/mol. The SMILES string of the molecule is CN(C)CCCN=Cc1ccc(F)cc1. The van der Waals surface area contributed by atoms with Crippen LogP contribution in [0, 0.1) is 5.82 Å². The number of nitrogens with zero attached hydrogens (tertiary/aromatic N) is 2. The van der Waals surface area contributed by atoms with Crippen molar-refractivity contribution >= 4 is 6.21 Å². The van der Waals surface area contributed by atoms with Crippen LogP contribution in [0.4, 0.5) is 4.39 Å². The molecule has 1 aromatic carbocycles. The molecule has 2 nitrogen and oxygen atoms in total. The van der Waals surface area contributed by atoms with Gasteiger partial charge in [0.15, 0.2) is 0 Å². The van der Waals surface area contributed by atoms with Crippen molar-refractivity contribution in [1.29, 1.82) is 0 Å². The summed E-state index contributed by atoms with van der Waals surface area (Å²) in [5.74, 6) is -0.209. The van der Waals surface area contributed by atoms with Crippen LogP contribution in [-0.4, -0.2) is 38.3 Å². The van der Waals surface area contributed by atoms with E-state index >= 15 is 0 Å². The highest BCUT2D eigenvalue weighted by Crippen LogP contribution is 1.99. The third-order valence-corrected chi connectivity index (χ3v) is 2.00. The van der Waals surface area contributed by atoms with E-state index in [1.807, 2.05) is 14.1 Å². The van der Waals surface area contributed by atoms with Gasteiger partial charge in [-0.25, -0.2) is 4.39 Å². The van der Waals surface area contributed by atoms with Gasteiger partial charge in [-0.2, -0.15) is 0 Å². The minimum atomic E-state index is -0.209. The van der Waals surface area contributed by atoms with Crippen LogP contribution < -0.4 is 0 Å². The van der Waals surface area contributed by atoms with Crippen molar-refractivity contribution in [1.82, 2.24) is 4.90 Å². The number of hydrogen-bond donors (Lipinski definition) is 0. The fraction of sp³-hybridized carbons (Fsp3) is 0.417. The smallest absolute Gasteiger partial charge is 0.123 e. The van der Waals surface area contributed by atoms with Crippen LogP contribution in [0.1, 0.15) is 12.0 Å². The van der Waals surface area contributed by atoms with Crippen molar-refractivity contribution < 1.29 is 4.39 Å². The van der Waals surface area contributed by atoms with Crippen molar-refractivity contribution in [2.75, 3.05) is 27.2 Å². The van der Waals surface area contributed by atoms with E-state index < -0.39 is 0 Å². The van der Waals surface area contributed by atoms with E-state index in [2.05, 4.69) is 9.89 Å². The van der Waals surface area contributed by atoms with E-state index in [0.29, 0.717) is 0 Å². The zero-order valence-electron chi connectivity index (χ0n) is 9.28. The molecule has 1 aromatic rings. The molecule has 0 fully saturated rings. The average Bonchev–Trinajstić information content (AvgIpc) is 2.20. The molecule has 0 aliphatic carbocycles. The standard InChI is InChI=1S/C12H17FN2/c1-15(2)9-3-8-14-10-11-4-6-12(13)7-5-11/h4-7,10H,3,8-9H2,1-2H3. The lowest BCUT2D eigenvalue weighted by molar-refractivity contribution is 0.403. The summed E-state index contributed by atoms with van der Waals surface area (Å²) in [5, 5.41) is 0. The van der Waals surface area contributed by atoms with Crippen LogP contribution in [0.15, 0.2) is 29.3 Å². The fourth-order valence-electron chi connectivity index (χ4n) is 1.20. The Morgan fingerprint density at radius 1 is 1.27 bits per heavy atom. The number of benzene rings is 1. The molecule has 15 heavy (non-hydrogen) atoms. The van der Waals surface area contributed by atoms with Crippen LogP contribution in [-0.2, 0) is 0 Å². The lowest BCUT2D eigenvalue weighted by atomic mass is 10.2. The quantitative estimate of drug-likeness (QED) is 0.535. The molecule has 0 heterocycles. The first-order valence-electron chi connectivity index (χ1n) is 5.08. The lowest BCUT2D eigenvalue weighted by Crippen LogP contribution is -2.13. The largest absolute Gasteiger partial charge is 0.309 e. The van der Waals surface area contributed by atoms with Crippen LogP contribution in [0.3, 0.4) is 0 Å². The van der Waals surface area contributed by atoms with Gasteiger partial charge in [0, 0.05) is 12.8 Å². The van der Waals surface area contributed by atoms with Gasteiger partial charge in [0.05, 0.1) is 0 Å². The molecule has 0 saturated heterocycles. The maximum absolute atomic E-state index is 12.6. The summed E-state index contributed by atoms with van der Waals surface area (Å²) < 4.78 is 12.6. The normalized spacial score (nSPS) is 11.5. The average molecular weight is 208 g/mol. The van der Waals surface area contributed by atoms with E-state index in [0.717, 1.165) is 25.1 Å². The van der Waals surface area contributed by atoms with Crippen molar-refractivity contribution in [2.24, 2.45) is 4.99 Å². The fourth-order valence-corrected chi connectivity index (χ4v) is 1.20. The van der Waals surface area contributed by atoms with Gasteiger partial charge < -0.3 is 4.90 Å². The lowest BCUT2D eigenvalue weighted by Gasteiger charge is -2.06. The topological polar surface area (TPSA) is 15.6 Å². The van der Waals surface area contributed by atoms with Gasteiger partial charge in [0.25, 0.3) is 0 Å². The Bertz CT molecular complexity index is 304. The summed E-state index contributed by atoms with van der Waals surface area (Å²) in [4.78, 5) is 6.40. The maximum Gasteiger partial charge on any atom is 0.123 e. The summed E-state index contributed by atoms with van der Waals surface area (Å²) in [6.07, 6.45) is 2.83. The third-order valence-electron chi connectivity index (χ3n) is 2.00. The molecule has 0 unspecified atom stereocenters. The number of rotatable bonds is 5. The molecule has 0 N–H and O–H groups in total.